The van der Waals surface area contributed by atoms with E-state index in [1.54, 1.807) is 0 Å². The Hall–Kier alpha value is -1.59. The van der Waals surface area contributed by atoms with Crippen molar-refractivity contribution >= 4 is 5.91 Å². The van der Waals surface area contributed by atoms with Gasteiger partial charge in [-0.2, -0.15) is 0 Å². The fourth-order valence-electron chi connectivity index (χ4n) is 4.02. The van der Waals surface area contributed by atoms with Crippen LogP contribution in [0.3, 0.4) is 0 Å². The number of nitrogens with one attached hydrogen (secondary N) is 1. The van der Waals surface area contributed by atoms with E-state index in [2.05, 4.69) is 12.2 Å². The Balaban J connectivity index is 1.37. The summed E-state index contributed by atoms with van der Waals surface area (Å²) in [5, 5.41) is 3.44. The molecule has 27 heavy (non-hydrogen) atoms. The van der Waals surface area contributed by atoms with Gasteiger partial charge in [0.05, 0.1) is 12.7 Å². The fraction of sp³-hybridized carbons (Fsp3) is 0.682. The van der Waals surface area contributed by atoms with Crippen LogP contribution >= 0.6 is 0 Å². The van der Waals surface area contributed by atoms with E-state index < -0.39 is 0 Å². The minimum absolute atomic E-state index is 0.0882. The number of carbonyl (C=O) groups is 1. The second-order valence-corrected chi connectivity index (χ2v) is 7.83. The topological polar surface area (TPSA) is 50.8 Å². The number of benzene rings is 1. The maximum absolute atomic E-state index is 12.2. The Morgan fingerprint density at radius 2 is 1.93 bits per heavy atom. The van der Waals surface area contributed by atoms with Gasteiger partial charge >= 0.3 is 0 Å². The predicted octanol–water partition coefficient (Wildman–Crippen LogP) is 3.37. The molecule has 1 aliphatic carbocycles. The number of ether oxygens (including phenoxy) is 2. The average Bonchev–Trinajstić information content (AvgIpc) is 3.23. The Bertz CT molecular complexity index is 587. The number of carbonyl (C=O) groups excluding carboxylic acids is 1. The molecule has 1 amide bonds. The number of likely N-dealkylation sites (tertiary alicyclic amines) is 1. The molecule has 2 unspecified atom stereocenters. The van der Waals surface area contributed by atoms with Crippen LogP contribution in [0.1, 0.15) is 51.0 Å². The summed E-state index contributed by atoms with van der Waals surface area (Å²) in [4.78, 5) is 14.1. The molecule has 1 aliphatic heterocycles. The van der Waals surface area contributed by atoms with E-state index in [1.807, 2.05) is 29.2 Å². The number of hydrogen-bond acceptors (Lipinski definition) is 4. The van der Waals surface area contributed by atoms with Crippen molar-refractivity contribution in [2.24, 2.45) is 5.92 Å². The van der Waals surface area contributed by atoms with E-state index in [0.717, 1.165) is 56.9 Å². The van der Waals surface area contributed by atoms with Gasteiger partial charge in [-0.1, -0.05) is 38.0 Å². The Morgan fingerprint density at radius 3 is 2.74 bits per heavy atom. The summed E-state index contributed by atoms with van der Waals surface area (Å²) in [5.41, 5.74) is 1.08. The van der Waals surface area contributed by atoms with Crippen molar-refractivity contribution in [3.8, 4) is 5.75 Å². The highest BCUT2D eigenvalue weighted by atomic mass is 16.5. The van der Waals surface area contributed by atoms with Crippen LogP contribution < -0.4 is 10.1 Å². The fourth-order valence-corrected chi connectivity index (χ4v) is 4.02. The van der Waals surface area contributed by atoms with Crippen LogP contribution in [0.2, 0.25) is 0 Å². The molecule has 5 heteroatoms. The maximum Gasteiger partial charge on any atom is 0.260 e. The smallest absolute Gasteiger partial charge is 0.260 e. The average molecular weight is 375 g/mol. The molecule has 1 aromatic carbocycles. The number of nitrogens with zero attached hydrogens (tertiary/aromatic N) is 1. The molecule has 5 nitrogen and oxygen atoms in total. The van der Waals surface area contributed by atoms with Crippen LogP contribution in [0.5, 0.6) is 5.75 Å². The van der Waals surface area contributed by atoms with E-state index in [1.165, 1.54) is 25.7 Å². The van der Waals surface area contributed by atoms with Crippen molar-refractivity contribution < 1.29 is 14.3 Å². The third-order valence-corrected chi connectivity index (χ3v) is 5.74. The number of amides is 1. The van der Waals surface area contributed by atoms with E-state index in [4.69, 9.17) is 9.47 Å². The molecular weight excluding hydrogens is 340 g/mol. The molecule has 1 aromatic rings. The van der Waals surface area contributed by atoms with Gasteiger partial charge in [0.25, 0.3) is 5.91 Å². The zero-order chi connectivity index (χ0) is 18.9. The first-order valence-corrected chi connectivity index (χ1v) is 10.5. The first-order chi connectivity index (χ1) is 13.2. The van der Waals surface area contributed by atoms with E-state index in [9.17, 15) is 4.79 Å². The molecule has 1 N–H and O–H groups in total. The van der Waals surface area contributed by atoms with Gasteiger partial charge < -0.3 is 19.7 Å². The van der Waals surface area contributed by atoms with Crippen molar-refractivity contribution in [2.45, 2.75) is 58.1 Å². The third-order valence-electron chi connectivity index (χ3n) is 5.74. The van der Waals surface area contributed by atoms with Crippen LogP contribution in [0, 0.1) is 5.92 Å². The molecule has 0 bridgehead atoms. The number of rotatable bonds is 9. The van der Waals surface area contributed by atoms with Crippen molar-refractivity contribution in [3.63, 3.8) is 0 Å². The minimum Gasteiger partial charge on any atom is -0.483 e. The molecule has 2 atom stereocenters. The quantitative estimate of drug-likeness (QED) is 0.673. The van der Waals surface area contributed by atoms with Crippen molar-refractivity contribution in [3.05, 3.63) is 29.8 Å². The maximum atomic E-state index is 12.2. The number of para-hydroxylation sites is 1. The van der Waals surface area contributed by atoms with Gasteiger partial charge in [0.15, 0.2) is 6.61 Å². The van der Waals surface area contributed by atoms with Crippen LogP contribution in [0.4, 0.5) is 0 Å². The molecule has 1 heterocycles. The number of hydrogen-bond donors (Lipinski definition) is 1. The van der Waals surface area contributed by atoms with Crippen molar-refractivity contribution in [2.75, 3.05) is 32.8 Å². The molecular formula is C22H34N2O3. The highest BCUT2D eigenvalue weighted by molar-refractivity contribution is 5.78. The van der Waals surface area contributed by atoms with Crippen LogP contribution in [-0.4, -0.2) is 49.8 Å². The summed E-state index contributed by atoms with van der Waals surface area (Å²) >= 11 is 0. The zero-order valence-electron chi connectivity index (χ0n) is 16.6. The van der Waals surface area contributed by atoms with E-state index >= 15 is 0 Å². The first-order valence-electron chi connectivity index (χ1n) is 10.5. The molecule has 3 rings (SSSR count). The predicted molar refractivity (Wildman–Crippen MR) is 107 cm³/mol. The largest absolute Gasteiger partial charge is 0.483 e. The lowest BCUT2D eigenvalue weighted by atomic mass is 9.88. The minimum atomic E-state index is 0.0882. The van der Waals surface area contributed by atoms with Gasteiger partial charge in [0.1, 0.15) is 5.75 Å². The second kappa shape index (κ2) is 10.7. The van der Waals surface area contributed by atoms with Gasteiger partial charge in [-0.15, -0.1) is 0 Å². The molecule has 0 spiro atoms. The van der Waals surface area contributed by atoms with Crippen LogP contribution in [-0.2, 0) is 16.1 Å². The second-order valence-electron chi connectivity index (χ2n) is 7.83. The molecule has 0 aromatic heterocycles. The molecule has 1 saturated heterocycles. The molecule has 1 saturated carbocycles. The summed E-state index contributed by atoms with van der Waals surface area (Å²) < 4.78 is 11.9. The van der Waals surface area contributed by atoms with Gasteiger partial charge in [-0.25, -0.2) is 0 Å². The summed E-state index contributed by atoms with van der Waals surface area (Å²) in [5.74, 6) is 1.56. The highest BCUT2D eigenvalue weighted by Crippen LogP contribution is 2.26. The van der Waals surface area contributed by atoms with Crippen LogP contribution in [0.15, 0.2) is 24.3 Å². The lowest BCUT2D eigenvalue weighted by molar-refractivity contribution is -0.132. The lowest BCUT2D eigenvalue weighted by Crippen LogP contribution is -2.32. The molecule has 2 fully saturated rings. The van der Waals surface area contributed by atoms with Crippen LogP contribution in [0.25, 0.3) is 0 Å². The summed E-state index contributed by atoms with van der Waals surface area (Å²) in [7, 11) is 0. The zero-order valence-corrected chi connectivity index (χ0v) is 16.6. The van der Waals surface area contributed by atoms with E-state index in [-0.39, 0.29) is 12.5 Å². The first kappa shape index (κ1) is 20.2. The summed E-state index contributed by atoms with van der Waals surface area (Å²) in [6.07, 6.45) is 7.76. The van der Waals surface area contributed by atoms with E-state index in [0.29, 0.717) is 12.0 Å². The standard InChI is InChI=1S/C22H34N2O3/c1-18-8-2-4-10-20(18)26-15-12-23-16-19-9-3-5-11-21(19)27-17-22(25)24-13-6-7-14-24/h3,5,9,11,18,20,23H,2,4,6-8,10,12-17H2,1H3. The third kappa shape index (κ3) is 6.22. The monoisotopic (exact) mass is 374 g/mol. The highest BCUT2D eigenvalue weighted by Gasteiger charge is 2.21. The van der Waals surface area contributed by atoms with Gasteiger partial charge in [0.2, 0.25) is 0 Å². The SMILES string of the molecule is CC1CCCCC1OCCNCc1ccccc1OCC(=O)N1CCCC1. The normalized spacial score (nSPS) is 22.8. The Kier molecular flexibility index (Phi) is 7.96. The summed E-state index contributed by atoms with van der Waals surface area (Å²) in [6, 6.07) is 7.94. The lowest BCUT2D eigenvalue weighted by Gasteiger charge is -2.28. The molecule has 0 radical (unpaired) electrons. The summed E-state index contributed by atoms with van der Waals surface area (Å²) in [6.45, 7) is 6.44. The molecule has 2 aliphatic rings. The molecule has 150 valence electrons. The van der Waals surface area contributed by atoms with Crippen molar-refractivity contribution in [1.29, 1.82) is 0 Å². The Labute approximate surface area is 163 Å². The van der Waals surface area contributed by atoms with Crippen molar-refractivity contribution in [1.82, 2.24) is 10.2 Å². The van der Waals surface area contributed by atoms with Gasteiger partial charge in [0, 0.05) is 31.7 Å². The van der Waals surface area contributed by atoms with Gasteiger partial charge in [-0.05, 0) is 37.7 Å². The van der Waals surface area contributed by atoms with Gasteiger partial charge in [-0.3, -0.25) is 4.79 Å². The Morgan fingerprint density at radius 1 is 1.15 bits per heavy atom.